The molecule has 0 spiro atoms. The van der Waals surface area contributed by atoms with Crippen LogP contribution in [-0.2, 0) is 0 Å². The normalized spacial score (nSPS) is 16.4. The number of rotatable bonds is 9. The van der Waals surface area contributed by atoms with E-state index < -0.39 is 0 Å². The number of nitrogens with zero attached hydrogens (tertiary/aromatic N) is 6. The van der Waals surface area contributed by atoms with E-state index in [9.17, 15) is 9.59 Å². The summed E-state index contributed by atoms with van der Waals surface area (Å²) < 4.78 is 1.64. The Morgan fingerprint density at radius 2 is 1.81 bits per heavy atom. The molecule has 11 heteroatoms. The maximum Gasteiger partial charge on any atom is 0.274 e. The summed E-state index contributed by atoms with van der Waals surface area (Å²) in [7, 11) is 4.08. The van der Waals surface area contributed by atoms with Crippen LogP contribution in [0.15, 0.2) is 60.9 Å². The van der Waals surface area contributed by atoms with Gasteiger partial charge in [0.1, 0.15) is 18.0 Å². The third-order valence-corrected chi connectivity index (χ3v) is 7.95. The highest BCUT2D eigenvalue weighted by molar-refractivity contribution is 6.04. The third-order valence-electron chi connectivity index (χ3n) is 7.95. The summed E-state index contributed by atoms with van der Waals surface area (Å²) in [6.07, 6.45) is 4.66. The number of likely N-dealkylation sites (N-methyl/N-ethyl adjacent to an activating group) is 1. The molecule has 1 atom stereocenters. The Morgan fingerprint density at radius 3 is 2.56 bits per heavy atom. The first-order chi connectivity index (χ1) is 20.7. The zero-order chi connectivity index (χ0) is 30.1. The molecule has 1 saturated heterocycles. The number of hydrogen-bond donors (Lipinski definition) is 3. The van der Waals surface area contributed by atoms with Gasteiger partial charge in [-0.05, 0) is 77.0 Å². The molecule has 0 bridgehead atoms. The van der Waals surface area contributed by atoms with E-state index in [1.807, 2.05) is 75.3 Å². The Labute approximate surface area is 251 Å². The molecule has 0 radical (unpaired) electrons. The van der Waals surface area contributed by atoms with Crippen molar-refractivity contribution in [2.45, 2.75) is 45.2 Å². The van der Waals surface area contributed by atoms with Gasteiger partial charge in [0.25, 0.3) is 11.8 Å². The Balaban J connectivity index is 1.30. The summed E-state index contributed by atoms with van der Waals surface area (Å²) in [5.41, 5.74) is 4.31. The van der Waals surface area contributed by atoms with Gasteiger partial charge in [0.2, 0.25) is 0 Å². The number of aryl methyl sites for hydroxylation is 2. The van der Waals surface area contributed by atoms with Crippen molar-refractivity contribution in [1.29, 1.82) is 0 Å². The number of aromatic nitrogens is 4. The van der Waals surface area contributed by atoms with Crippen LogP contribution in [0.1, 0.15) is 51.2 Å². The lowest BCUT2D eigenvalue weighted by Gasteiger charge is -2.19. The number of carbonyl (C=O) groups is 2. The summed E-state index contributed by atoms with van der Waals surface area (Å²) in [6.45, 7) is 5.28. The van der Waals surface area contributed by atoms with E-state index in [1.165, 1.54) is 6.33 Å². The van der Waals surface area contributed by atoms with Gasteiger partial charge in [0, 0.05) is 54.2 Å². The zero-order valence-electron chi connectivity index (χ0n) is 25.0. The molecule has 2 aliphatic rings. The predicted molar refractivity (Wildman–Crippen MR) is 167 cm³/mol. The van der Waals surface area contributed by atoms with Crippen LogP contribution in [0.2, 0.25) is 0 Å². The summed E-state index contributed by atoms with van der Waals surface area (Å²) in [6, 6.07) is 17.5. The SMILES string of the molecule is Cc1cccc(C(=O)Nc2ccc(C)c(Nc3cc(C(=O)N4CCC(N(C)C)C4)nn3-c3cc(NC4CC4)ncn3)c2)c1. The van der Waals surface area contributed by atoms with Gasteiger partial charge in [-0.25, -0.2) is 9.97 Å². The average Bonchev–Trinajstić information content (AvgIpc) is 3.48. The Kier molecular flexibility index (Phi) is 7.81. The maximum absolute atomic E-state index is 13.6. The van der Waals surface area contributed by atoms with Crippen molar-refractivity contribution in [2.75, 3.05) is 43.1 Å². The van der Waals surface area contributed by atoms with Crippen molar-refractivity contribution in [3.63, 3.8) is 0 Å². The summed E-state index contributed by atoms with van der Waals surface area (Å²) in [4.78, 5) is 39.4. The lowest BCUT2D eigenvalue weighted by atomic mass is 10.1. The molecular weight excluding hydrogens is 542 g/mol. The van der Waals surface area contributed by atoms with Crippen LogP contribution >= 0.6 is 0 Å². The van der Waals surface area contributed by atoms with Crippen molar-refractivity contribution >= 4 is 34.8 Å². The minimum Gasteiger partial charge on any atom is -0.367 e. The number of benzene rings is 2. The van der Waals surface area contributed by atoms with Crippen LogP contribution < -0.4 is 16.0 Å². The van der Waals surface area contributed by atoms with Gasteiger partial charge in [-0.2, -0.15) is 9.78 Å². The number of anilines is 4. The first kappa shape index (κ1) is 28.4. The third kappa shape index (κ3) is 6.51. The first-order valence-electron chi connectivity index (χ1n) is 14.6. The lowest BCUT2D eigenvalue weighted by Crippen LogP contribution is -2.34. The fourth-order valence-electron chi connectivity index (χ4n) is 5.20. The smallest absolute Gasteiger partial charge is 0.274 e. The molecule has 2 fully saturated rings. The maximum atomic E-state index is 13.6. The minimum absolute atomic E-state index is 0.118. The van der Waals surface area contributed by atoms with Gasteiger partial charge >= 0.3 is 0 Å². The summed E-state index contributed by atoms with van der Waals surface area (Å²) in [5.74, 6) is 1.52. The molecule has 2 amide bonds. The standard InChI is InChI=1S/C32H37N9O2/c1-20-6-5-7-22(14-20)31(42)36-24-9-8-21(2)26(15-24)37-30-16-27(32(43)40-13-12-25(18-40)39(3)4)38-41(30)29-17-28(33-19-34-29)35-23-10-11-23/h5-9,14-17,19,23,25,37H,10-13,18H2,1-4H3,(H,36,42)(H,33,34,35). The molecule has 1 aliphatic carbocycles. The van der Waals surface area contributed by atoms with Gasteiger partial charge in [0.05, 0.1) is 0 Å². The predicted octanol–water partition coefficient (Wildman–Crippen LogP) is 4.63. The van der Waals surface area contributed by atoms with Crippen molar-refractivity contribution in [1.82, 2.24) is 29.5 Å². The van der Waals surface area contributed by atoms with E-state index in [2.05, 4.69) is 30.8 Å². The summed E-state index contributed by atoms with van der Waals surface area (Å²) >= 11 is 0. The number of likely N-dealkylation sites (tertiary alicyclic amines) is 1. The molecular formula is C32H37N9O2. The monoisotopic (exact) mass is 579 g/mol. The number of hydrogen-bond acceptors (Lipinski definition) is 8. The second-order valence-corrected chi connectivity index (χ2v) is 11.6. The Morgan fingerprint density at radius 1 is 0.977 bits per heavy atom. The quantitative estimate of drug-likeness (QED) is 0.263. The lowest BCUT2D eigenvalue weighted by molar-refractivity contribution is 0.0776. The number of amides is 2. The molecule has 222 valence electrons. The van der Waals surface area contributed by atoms with Crippen molar-refractivity contribution in [3.05, 3.63) is 83.3 Å². The molecule has 1 unspecified atom stereocenters. The van der Waals surface area contributed by atoms with E-state index in [1.54, 1.807) is 16.8 Å². The minimum atomic E-state index is -0.185. The van der Waals surface area contributed by atoms with Crippen molar-refractivity contribution in [2.24, 2.45) is 0 Å². The molecule has 2 aromatic carbocycles. The molecule has 1 saturated carbocycles. The zero-order valence-corrected chi connectivity index (χ0v) is 25.0. The van der Waals surface area contributed by atoms with Crippen LogP contribution in [0, 0.1) is 13.8 Å². The van der Waals surface area contributed by atoms with Crippen LogP contribution in [0.4, 0.5) is 23.0 Å². The van der Waals surface area contributed by atoms with Gasteiger partial charge < -0.3 is 25.8 Å². The van der Waals surface area contributed by atoms with Crippen molar-refractivity contribution < 1.29 is 9.59 Å². The van der Waals surface area contributed by atoms with Crippen LogP contribution in [0.5, 0.6) is 0 Å². The largest absolute Gasteiger partial charge is 0.367 e. The number of carbonyl (C=O) groups excluding carboxylic acids is 2. The molecule has 1 aliphatic heterocycles. The Hall–Kier alpha value is -4.77. The number of nitrogens with one attached hydrogen (secondary N) is 3. The second-order valence-electron chi connectivity index (χ2n) is 11.6. The molecule has 3 heterocycles. The first-order valence-corrected chi connectivity index (χ1v) is 14.6. The molecule has 3 N–H and O–H groups in total. The van der Waals surface area contributed by atoms with Crippen molar-refractivity contribution in [3.8, 4) is 5.82 Å². The molecule has 2 aromatic heterocycles. The van der Waals surface area contributed by atoms with Gasteiger partial charge in [-0.15, -0.1) is 0 Å². The summed E-state index contributed by atoms with van der Waals surface area (Å²) in [5, 5.41) is 14.6. The fourth-order valence-corrected chi connectivity index (χ4v) is 5.20. The highest BCUT2D eigenvalue weighted by Crippen LogP contribution is 2.29. The Bertz CT molecular complexity index is 1660. The van der Waals surface area contributed by atoms with Gasteiger partial charge in [-0.1, -0.05) is 23.8 Å². The van der Waals surface area contributed by atoms with E-state index in [0.717, 1.165) is 36.1 Å². The van der Waals surface area contributed by atoms with Crippen LogP contribution in [0.25, 0.3) is 5.82 Å². The highest BCUT2D eigenvalue weighted by atomic mass is 16.2. The fraction of sp³-hybridized carbons (Fsp3) is 0.344. The molecule has 43 heavy (non-hydrogen) atoms. The van der Waals surface area contributed by atoms with Crippen LogP contribution in [-0.4, -0.2) is 80.6 Å². The van der Waals surface area contributed by atoms with E-state index in [-0.39, 0.29) is 11.8 Å². The van der Waals surface area contributed by atoms with E-state index >= 15 is 0 Å². The molecule has 4 aromatic rings. The van der Waals surface area contributed by atoms with E-state index in [4.69, 9.17) is 5.10 Å². The van der Waals surface area contributed by atoms with E-state index in [0.29, 0.717) is 59.6 Å². The average molecular weight is 580 g/mol. The van der Waals surface area contributed by atoms with Crippen LogP contribution in [0.3, 0.4) is 0 Å². The second kappa shape index (κ2) is 11.8. The highest BCUT2D eigenvalue weighted by Gasteiger charge is 2.30. The topological polar surface area (TPSA) is 120 Å². The van der Waals surface area contributed by atoms with Gasteiger partial charge in [0.15, 0.2) is 11.5 Å². The molecule has 6 rings (SSSR count). The van der Waals surface area contributed by atoms with Gasteiger partial charge in [-0.3, -0.25) is 9.59 Å². The molecule has 11 nitrogen and oxygen atoms in total.